The van der Waals surface area contributed by atoms with Gasteiger partial charge in [0.05, 0.1) is 10.1 Å². The molecule has 0 fully saturated rings. The third-order valence-electron chi connectivity index (χ3n) is 0.454. The van der Waals surface area contributed by atoms with Crippen molar-refractivity contribution >= 4 is 10.1 Å². The summed E-state index contributed by atoms with van der Waals surface area (Å²) in [6.45, 7) is 1.65. The normalized spacial score (nSPS) is 10.2. The first kappa shape index (κ1) is 10.8. The fraction of sp³-hybridized carbons (Fsp3) is 1.00. The fourth-order valence-electron chi connectivity index (χ4n) is 0.250. The molecular weight excluding hydrogens is 130 g/mol. The minimum atomic E-state index is -3.92. The maximum absolute atomic E-state index is 9.68. The monoisotopic (exact) mass is 141 g/mol. The van der Waals surface area contributed by atoms with Crippen molar-refractivity contribution in [2.24, 2.45) is 0 Å². The Hall–Kier alpha value is -0.130. The Morgan fingerprint density at radius 1 is 1.50 bits per heavy atom. The lowest BCUT2D eigenvalue weighted by Gasteiger charge is -2.00. The molecule has 4 nitrogen and oxygen atoms in total. The lowest BCUT2D eigenvalue weighted by molar-refractivity contribution is 0.462. The van der Waals surface area contributed by atoms with Gasteiger partial charge in [-0.2, -0.15) is 0 Å². The second-order valence-corrected chi connectivity index (χ2v) is 2.79. The number of quaternary nitrogens is 1. The van der Waals surface area contributed by atoms with E-state index in [-0.39, 0.29) is 11.9 Å². The highest BCUT2D eigenvalue weighted by molar-refractivity contribution is 7.85. The molecule has 0 aliphatic rings. The van der Waals surface area contributed by atoms with Gasteiger partial charge < -0.3 is 10.7 Å². The molecule has 0 amide bonds. The molecule has 0 atom stereocenters. The first-order chi connectivity index (χ1) is 3.06. The van der Waals surface area contributed by atoms with Crippen molar-refractivity contribution in [3.8, 4) is 0 Å². The van der Waals surface area contributed by atoms with E-state index in [1.807, 2.05) is 0 Å². The van der Waals surface area contributed by atoms with Crippen LogP contribution in [0.25, 0.3) is 0 Å². The Balaban J connectivity index is 0. The number of hydrogen-bond donors (Lipinski definition) is 1. The van der Waals surface area contributed by atoms with Gasteiger partial charge in [0.25, 0.3) is 0 Å². The Kier molecular flexibility index (Phi) is 5.15. The minimum absolute atomic E-state index is 0. The first-order valence-corrected chi connectivity index (χ1v) is 3.57. The zero-order valence-corrected chi connectivity index (χ0v) is 5.86. The van der Waals surface area contributed by atoms with Gasteiger partial charge in [0, 0.05) is 5.75 Å². The summed E-state index contributed by atoms with van der Waals surface area (Å²) in [7, 11) is -3.92. The van der Waals surface area contributed by atoms with E-state index in [0.29, 0.717) is 6.42 Å². The van der Waals surface area contributed by atoms with Crippen LogP contribution in [0, 0.1) is 0 Å². The van der Waals surface area contributed by atoms with Crippen LogP contribution in [0.1, 0.15) is 13.3 Å². The lowest BCUT2D eigenvalue weighted by atomic mass is 10.6. The van der Waals surface area contributed by atoms with Gasteiger partial charge in [-0.15, -0.1) is 0 Å². The van der Waals surface area contributed by atoms with Gasteiger partial charge in [-0.25, -0.2) is 8.42 Å². The van der Waals surface area contributed by atoms with Gasteiger partial charge in [0.15, 0.2) is 0 Å². The van der Waals surface area contributed by atoms with Crippen LogP contribution in [0.5, 0.6) is 0 Å². The maximum Gasteiger partial charge on any atom is 0.0945 e. The summed E-state index contributed by atoms with van der Waals surface area (Å²) < 4.78 is 29.0. The van der Waals surface area contributed by atoms with Crippen molar-refractivity contribution in [3.63, 3.8) is 0 Å². The molecule has 0 aliphatic heterocycles. The molecule has 0 bridgehead atoms. The van der Waals surface area contributed by atoms with Gasteiger partial charge in [0.2, 0.25) is 0 Å². The standard InChI is InChI=1S/C3H8O3S.H3N/c1-2-3-7(4,5)6;/h2-3H2,1H3,(H,4,5,6);1H3. The van der Waals surface area contributed by atoms with Crippen molar-refractivity contribution in [2.45, 2.75) is 13.3 Å². The average molecular weight is 141 g/mol. The van der Waals surface area contributed by atoms with Crippen LogP contribution in [-0.4, -0.2) is 18.7 Å². The Labute approximate surface area is 49.2 Å². The van der Waals surface area contributed by atoms with Crippen LogP contribution < -0.4 is 6.15 Å². The lowest BCUT2D eigenvalue weighted by Crippen LogP contribution is -2.01. The molecule has 0 saturated heterocycles. The molecule has 5 heteroatoms. The molecule has 0 radical (unpaired) electrons. The molecule has 0 aliphatic carbocycles. The Morgan fingerprint density at radius 2 is 1.88 bits per heavy atom. The largest absolute Gasteiger partial charge is 0.748 e. The highest BCUT2D eigenvalue weighted by atomic mass is 32.2. The summed E-state index contributed by atoms with van der Waals surface area (Å²) in [4.78, 5) is 0. The number of hydrogen-bond acceptors (Lipinski definition) is 3. The molecule has 0 unspecified atom stereocenters. The van der Waals surface area contributed by atoms with Gasteiger partial charge in [0.1, 0.15) is 0 Å². The van der Waals surface area contributed by atoms with E-state index >= 15 is 0 Å². The molecule has 0 aromatic carbocycles. The molecular formula is C3H11NO3S. The van der Waals surface area contributed by atoms with Gasteiger partial charge in [-0.3, -0.25) is 0 Å². The summed E-state index contributed by atoms with van der Waals surface area (Å²) in [6.07, 6.45) is 0.409. The highest BCUT2D eigenvalue weighted by Crippen LogP contribution is 1.83. The van der Waals surface area contributed by atoms with Crippen LogP contribution in [0.2, 0.25) is 0 Å². The molecule has 0 aromatic heterocycles. The van der Waals surface area contributed by atoms with E-state index in [2.05, 4.69) is 0 Å². The zero-order chi connectivity index (χ0) is 5.91. The predicted octanol–water partition coefficient (Wildman–Crippen LogP) is 0.318. The molecule has 0 heterocycles. The summed E-state index contributed by atoms with van der Waals surface area (Å²) in [6, 6.07) is 0. The SMILES string of the molecule is CCCS(=O)(=O)[O-].[NH4+]. The van der Waals surface area contributed by atoms with E-state index in [1.165, 1.54) is 0 Å². The van der Waals surface area contributed by atoms with Crippen molar-refractivity contribution in [1.29, 1.82) is 0 Å². The van der Waals surface area contributed by atoms with Crippen molar-refractivity contribution in [3.05, 3.63) is 0 Å². The smallest absolute Gasteiger partial charge is 0.0945 e. The van der Waals surface area contributed by atoms with Crippen LogP contribution in [0.15, 0.2) is 0 Å². The quantitative estimate of drug-likeness (QED) is 0.561. The van der Waals surface area contributed by atoms with Crippen LogP contribution in [-0.2, 0) is 10.1 Å². The summed E-state index contributed by atoms with van der Waals surface area (Å²) in [5.74, 6) is -0.243. The van der Waals surface area contributed by atoms with Gasteiger partial charge in [-0.1, -0.05) is 6.92 Å². The van der Waals surface area contributed by atoms with E-state index < -0.39 is 10.1 Å². The van der Waals surface area contributed by atoms with Crippen LogP contribution in [0.3, 0.4) is 0 Å². The molecule has 4 N–H and O–H groups in total. The fourth-order valence-corrected chi connectivity index (χ4v) is 0.750. The second kappa shape index (κ2) is 3.82. The third kappa shape index (κ3) is 9.30. The molecule has 8 heavy (non-hydrogen) atoms. The maximum atomic E-state index is 9.68. The molecule has 0 rings (SSSR count). The van der Waals surface area contributed by atoms with E-state index in [9.17, 15) is 13.0 Å². The highest BCUT2D eigenvalue weighted by Gasteiger charge is 1.86. The van der Waals surface area contributed by atoms with E-state index in [0.717, 1.165) is 0 Å². The molecule has 0 spiro atoms. The minimum Gasteiger partial charge on any atom is -0.748 e. The second-order valence-electron chi connectivity index (χ2n) is 1.26. The van der Waals surface area contributed by atoms with E-state index in [4.69, 9.17) is 0 Å². The topological polar surface area (TPSA) is 93.7 Å². The average Bonchev–Trinajstić information content (AvgIpc) is 1.30. The third-order valence-corrected chi connectivity index (χ3v) is 1.36. The van der Waals surface area contributed by atoms with Crippen LogP contribution >= 0.6 is 0 Å². The van der Waals surface area contributed by atoms with Gasteiger partial charge >= 0.3 is 0 Å². The molecule has 0 aromatic rings. The van der Waals surface area contributed by atoms with Gasteiger partial charge in [-0.05, 0) is 6.42 Å². The van der Waals surface area contributed by atoms with Crippen molar-refractivity contribution < 1.29 is 13.0 Å². The summed E-state index contributed by atoms with van der Waals surface area (Å²) in [5.41, 5.74) is 0. The summed E-state index contributed by atoms with van der Waals surface area (Å²) in [5, 5.41) is 0. The number of rotatable bonds is 2. The van der Waals surface area contributed by atoms with Crippen molar-refractivity contribution in [2.75, 3.05) is 5.75 Å². The van der Waals surface area contributed by atoms with Crippen LogP contribution in [0.4, 0.5) is 0 Å². The predicted molar refractivity (Wildman–Crippen MR) is 30.8 cm³/mol. The molecule has 52 valence electrons. The van der Waals surface area contributed by atoms with E-state index in [1.54, 1.807) is 6.92 Å². The Bertz CT molecular complexity index is 127. The first-order valence-electron chi connectivity index (χ1n) is 2.00. The van der Waals surface area contributed by atoms with Crippen molar-refractivity contribution in [1.82, 2.24) is 6.15 Å². The molecule has 0 saturated carbocycles. The zero-order valence-electron chi connectivity index (χ0n) is 5.05. The Morgan fingerprint density at radius 3 is 1.88 bits per heavy atom. The summed E-state index contributed by atoms with van der Waals surface area (Å²) >= 11 is 0.